The number of aromatic nitrogens is 2. The Balaban J connectivity index is 1.98. The fourth-order valence-corrected chi connectivity index (χ4v) is 1.88. The Morgan fingerprint density at radius 2 is 2.15 bits per heavy atom. The van der Waals surface area contributed by atoms with Gasteiger partial charge in [-0.25, -0.2) is 9.97 Å². The van der Waals surface area contributed by atoms with Gasteiger partial charge in [0.05, 0.1) is 0 Å². The fourth-order valence-electron chi connectivity index (χ4n) is 1.71. The van der Waals surface area contributed by atoms with Crippen LogP contribution in [0.2, 0.25) is 5.02 Å². The van der Waals surface area contributed by atoms with Crippen molar-refractivity contribution < 1.29 is 4.79 Å². The normalized spacial score (nSPS) is 10.2. The molecule has 0 atom stereocenters. The van der Waals surface area contributed by atoms with Crippen molar-refractivity contribution in [2.75, 3.05) is 17.6 Å². The number of benzene rings is 1. The van der Waals surface area contributed by atoms with Gasteiger partial charge in [-0.1, -0.05) is 23.7 Å². The van der Waals surface area contributed by atoms with E-state index in [9.17, 15) is 4.79 Å². The highest BCUT2D eigenvalue weighted by molar-refractivity contribution is 6.35. The lowest BCUT2D eigenvalue weighted by atomic mass is 10.1. The summed E-state index contributed by atoms with van der Waals surface area (Å²) in [6.45, 7) is 0.596. The van der Waals surface area contributed by atoms with E-state index in [1.165, 1.54) is 6.33 Å². The molecule has 0 aliphatic heterocycles. The summed E-state index contributed by atoms with van der Waals surface area (Å²) in [5, 5.41) is 3.38. The van der Waals surface area contributed by atoms with Gasteiger partial charge in [-0.2, -0.15) is 0 Å². The van der Waals surface area contributed by atoms with Crippen LogP contribution in [0, 0.1) is 0 Å². The number of hydrogen-bond acceptors (Lipinski definition) is 5. The minimum absolute atomic E-state index is 0.236. The second kappa shape index (κ2) is 6.21. The van der Waals surface area contributed by atoms with Crippen molar-refractivity contribution in [1.29, 1.82) is 0 Å². The number of nitrogen functional groups attached to an aromatic ring is 1. The molecule has 0 saturated heterocycles. The van der Waals surface area contributed by atoms with E-state index in [1.807, 2.05) is 6.07 Å². The van der Waals surface area contributed by atoms with Gasteiger partial charge in [0.15, 0.2) is 0 Å². The highest BCUT2D eigenvalue weighted by Gasteiger charge is 2.06. The van der Waals surface area contributed by atoms with Crippen LogP contribution in [0.4, 0.5) is 11.6 Å². The number of rotatable bonds is 5. The molecular formula is C13H14ClN5O. The minimum atomic E-state index is -0.438. The van der Waals surface area contributed by atoms with Crippen LogP contribution in [0.15, 0.2) is 30.6 Å². The summed E-state index contributed by atoms with van der Waals surface area (Å²) in [6.07, 6.45) is 2.04. The zero-order valence-corrected chi connectivity index (χ0v) is 11.4. The summed E-state index contributed by atoms with van der Waals surface area (Å²) in [7, 11) is 0. The molecule has 2 aromatic rings. The van der Waals surface area contributed by atoms with Crippen molar-refractivity contribution >= 4 is 29.1 Å². The van der Waals surface area contributed by atoms with Gasteiger partial charge in [-0.3, -0.25) is 4.79 Å². The largest absolute Gasteiger partial charge is 0.382 e. The van der Waals surface area contributed by atoms with E-state index in [1.54, 1.807) is 18.2 Å². The van der Waals surface area contributed by atoms with Crippen molar-refractivity contribution in [3.63, 3.8) is 0 Å². The molecule has 0 aliphatic rings. The maximum atomic E-state index is 11.1. The highest BCUT2D eigenvalue weighted by atomic mass is 35.5. The molecule has 1 aromatic carbocycles. The Bertz CT molecular complexity index is 632. The first-order chi connectivity index (χ1) is 9.58. The Morgan fingerprint density at radius 3 is 2.90 bits per heavy atom. The third-order valence-corrected chi connectivity index (χ3v) is 3.11. The number of nitrogens with two attached hydrogens (primary N) is 2. The van der Waals surface area contributed by atoms with E-state index in [0.717, 1.165) is 5.56 Å². The number of primary amides is 1. The van der Waals surface area contributed by atoms with E-state index in [-0.39, 0.29) is 5.82 Å². The third kappa shape index (κ3) is 3.36. The van der Waals surface area contributed by atoms with Gasteiger partial charge in [0.1, 0.15) is 23.0 Å². The lowest BCUT2D eigenvalue weighted by Crippen LogP contribution is -2.12. The first-order valence-electron chi connectivity index (χ1n) is 5.96. The van der Waals surface area contributed by atoms with E-state index >= 15 is 0 Å². The van der Waals surface area contributed by atoms with Crippen LogP contribution in [0.5, 0.6) is 0 Å². The molecule has 1 heterocycles. The number of carbonyl (C=O) groups excluding carboxylic acids is 1. The molecule has 104 valence electrons. The van der Waals surface area contributed by atoms with Gasteiger partial charge < -0.3 is 16.8 Å². The SMILES string of the molecule is NC(=O)c1cccc(CCNc2ncnc(N)c2Cl)c1. The van der Waals surface area contributed by atoms with Crippen LogP contribution >= 0.6 is 11.6 Å². The molecule has 0 spiro atoms. The number of nitrogens with one attached hydrogen (secondary N) is 1. The minimum Gasteiger partial charge on any atom is -0.382 e. The molecule has 20 heavy (non-hydrogen) atoms. The summed E-state index contributed by atoms with van der Waals surface area (Å²) in [6, 6.07) is 7.16. The van der Waals surface area contributed by atoms with Crippen LogP contribution in [0.1, 0.15) is 15.9 Å². The van der Waals surface area contributed by atoms with Crippen molar-refractivity contribution in [2.24, 2.45) is 5.73 Å². The molecular weight excluding hydrogens is 278 g/mol. The summed E-state index contributed by atoms with van der Waals surface area (Å²) in [4.78, 5) is 18.9. The Hall–Kier alpha value is -2.34. The fraction of sp³-hybridized carbons (Fsp3) is 0.154. The van der Waals surface area contributed by atoms with Gasteiger partial charge in [-0.15, -0.1) is 0 Å². The summed E-state index contributed by atoms with van der Waals surface area (Å²) in [5.74, 6) is 0.288. The molecule has 2 rings (SSSR count). The first kappa shape index (κ1) is 14.1. The lowest BCUT2D eigenvalue weighted by Gasteiger charge is -2.08. The topological polar surface area (TPSA) is 107 Å². The van der Waals surface area contributed by atoms with Gasteiger partial charge in [0, 0.05) is 12.1 Å². The summed E-state index contributed by atoms with van der Waals surface area (Å²) < 4.78 is 0. The standard InChI is InChI=1S/C13H14ClN5O/c14-10-11(15)18-7-19-13(10)17-5-4-8-2-1-3-9(6-8)12(16)20/h1-3,6-7H,4-5H2,(H2,16,20)(H3,15,17,18,19). The van der Waals surface area contributed by atoms with Crippen molar-refractivity contribution in [3.8, 4) is 0 Å². The quantitative estimate of drug-likeness (QED) is 0.773. The number of carbonyl (C=O) groups is 1. The molecule has 1 aromatic heterocycles. The van der Waals surface area contributed by atoms with Gasteiger partial charge in [-0.05, 0) is 24.1 Å². The first-order valence-corrected chi connectivity index (χ1v) is 6.34. The number of halogens is 1. The Morgan fingerprint density at radius 1 is 1.35 bits per heavy atom. The third-order valence-electron chi connectivity index (χ3n) is 2.73. The monoisotopic (exact) mass is 291 g/mol. The van der Waals surface area contributed by atoms with Crippen molar-refractivity contribution in [1.82, 2.24) is 9.97 Å². The van der Waals surface area contributed by atoms with Gasteiger partial charge >= 0.3 is 0 Å². The average molecular weight is 292 g/mol. The van der Waals surface area contributed by atoms with Gasteiger partial charge in [0.25, 0.3) is 0 Å². The molecule has 0 saturated carbocycles. The molecule has 7 heteroatoms. The number of nitrogens with zero attached hydrogens (tertiary/aromatic N) is 2. The molecule has 1 amide bonds. The lowest BCUT2D eigenvalue weighted by molar-refractivity contribution is 0.1000. The zero-order chi connectivity index (χ0) is 14.5. The average Bonchev–Trinajstić information content (AvgIpc) is 2.44. The number of anilines is 2. The summed E-state index contributed by atoms with van der Waals surface area (Å²) in [5.41, 5.74) is 12.3. The van der Waals surface area contributed by atoms with E-state index in [0.29, 0.717) is 29.4 Å². The van der Waals surface area contributed by atoms with E-state index in [4.69, 9.17) is 23.1 Å². The van der Waals surface area contributed by atoms with Crippen LogP contribution < -0.4 is 16.8 Å². The predicted octanol–water partition coefficient (Wildman–Crippen LogP) is 1.47. The molecule has 0 unspecified atom stereocenters. The van der Waals surface area contributed by atoms with Crippen molar-refractivity contribution in [3.05, 3.63) is 46.7 Å². The summed E-state index contributed by atoms with van der Waals surface area (Å²) >= 11 is 5.97. The smallest absolute Gasteiger partial charge is 0.248 e. The maximum absolute atomic E-state index is 11.1. The Kier molecular flexibility index (Phi) is 4.37. The molecule has 0 fully saturated rings. The van der Waals surface area contributed by atoms with E-state index < -0.39 is 5.91 Å². The highest BCUT2D eigenvalue weighted by Crippen LogP contribution is 2.22. The van der Waals surface area contributed by atoms with Gasteiger partial charge in [0.2, 0.25) is 5.91 Å². The van der Waals surface area contributed by atoms with Crippen LogP contribution in [-0.2, 0) is 6.42 Å². The van der Waals surface area contributed by atoms with Crippen molar-refractivity contribution in [2.45, 2.75) is 6.42 Å². The van der Waals surface area contributed by atoms with Crippen LogP contribution in [-0.4, -0.2) is 22.4 Å². The van der Waals surface area contributed by atoms with E-state index in [2.05, 4.69) is 15.3 Å². The van der Waals surface area contributed by atoms with Crippen LogP contribution in [0.3, 0.4) is 0 Å². The maximum Gasteiger partial charge on any atom is 0.248 e. The Labute approximate surface area is 121 Å². The number of hydrogen-bond donors (Lipinski definition) is 3. The molecule has 0 radical (unpaired) electrons. The zero-order valence-electron chi connectivity index (χ0n) is 10.6. The van der Waals surface area contributed by atoms with Crippen LogP contribution in [0.25, 0.3) is 0 Å². The molecule has 6 nitrogen and oxygen atoms in total. The molecule has 0 bridgehead atoms. The molecule has 0 aliphatic carbocycles. The number of amides is 1. The second-order valence-electron chi connectivity index (χ2n) is 4.16. The predicted molar refractivity (Wildman–Crippen MR) is 78.6 cm³/mol. The second-order valence-corrected chi connectivity index (χ2v) is 4.54. The molecule has 5 N–H and O–H groups in total.